The van der Waals surface area contributed by atoms with Crippen LogP contribution >= 0.6 is 11.3 Å². The molecule has 6 heteroatoms. The Morgan fingerprint density at radius 2 is 2.23 bits per heavy atom. The molecule has 0 radical (unpaired) electrons. The van der Waals surface area contributed by atoms with Gasteiger partial charge in [-0.05, 0) is 12.3 Å². The minimum absolute atomic E-state index is 0.280. The van der Waals surface area contributed by atoms with Crippen LogP contribution in [0, 0.1) is 5.92 Å². The van der Waals surface area contributed by atoms with E-state index < -0.39 is 0 Å². The van der Waals surface area contributed by atoms with Crippen molar-refractivity contribution in [3.63, 3.8) is 0 Å². The third-order valence-corrected chi connectivity index (χ3v) is 5.51. The van der Waals surface area contributed by atoms with E-state index in [0.29, 0.717) is 18.4 Å². The van der Waals surface area contributed by atoms with Crippen LogP contribution in [-0.2, 0) is 16.0 Å². The van der Waals surface area contributed by atoms with Gasteiger partial charge in [-0.2, -0.15) is 0 Å². The average Bonchev–Trinajstić information content (AvgIpc) is 3.22. The van der Waals surface area contributed by atoms with Crippen LogP contribution in [0.4, 0.5) is 0 Å². The Hall–Kier alpha value is -0.980. The number of hydrogen-bond acceptors (Lipinski definition) is 5. The van der Waals surface area contributed by atoms with Gasteiger partial charge in [-0.3, -0.25) is 9.69 Å². The lowest BCUT2D eigenvalue weighted by Gasteiger charge is -2.34. The Morgan fingerprint density at radius 3 is 2.91 bits per heavy atom. The molecule has 1 aromatic rings. The molecule has 0 spiro atoms. The van der Waals surface area contributed by atoms with Gasteiger partial charge in [0.2, 0.25) is 5.91 Å². The van der Waals surface area contributed by atoms with Crippen molar-refractivity contribution in [3.8, 4) is 0 Å². The summed E-state index contributed by atoms with van der Waals surface area (Å²) in [6.45, 7) is 7.68. The first-order valence-electron chi connectivity index (χ1n) is 8.24. The van der Waals surface area contributed by atoms with Gasteiger partial charge in [0, 0.05) is 44.0 Å². The molecule has 2 aliphatic rings. The molecule has 3 rings (SSSR count). The normalized spacial score (nSPS) is 26.5. The van der Waals surface area contributed by atoms with Gasteiger partial charge in [0.05, 0.1) is 24.4 Å². The number of carbonyl (C=O) groups excluding carboxylic acids is 1. The summed E-state index contributed by atoms with van der Waals surface area (Å²) in [7, 11) is 0. The SMILES string of the molecule is CC[C@H]1CN(C(=O)CCc2cscn2)C[C@H]1N1CCOCC1. The molecule has 1 aromatic heterocycles. The monoisotopic (exact) mass is 323 g/mol. The molecule has 2 atom stereocenters. The highest BCUT2D eigenvalue weighted by atomic mass is 32.1. The van der Waals surface area contributed by atoms with E-state index in [9.17, 15) is 4.79 Å². The van der Waals surface area contributed by atoms with E-state index in [1.807, 2.05) is 10.9 Å². The minimum atomic E-state index is 0.280. The molecule has 2 aliphatic heterocycles. The van der Waals surface area contributed by atoms with E-state index in [0.717, 1.165) is 57.9 Å². The van der Waals surface area contributed by atoms with E-state index in [-0.39, 0.29) is 5.91 Å². The van der Waals surface area contributed by atoms with Gasteiger partial charge in [0.1, 0.15) is 0 Å². The molecule has 2 saturated heterocycles. The van der Waals surface area contributed by atoms with E-state index in [4.69, 9.17) is 4.74 Å². The largest absolute Gasteiger partial charge is 0.379 e. The van der Waals surface area contributed by atoms with Gasteiger partial charge in [-0.15, -0.1) is 11.3 Å². The number of hydrogen-bond donors (Lipinski definition) is 0. The summed E-state index contributed by atoms with van der Waals surface area (Å²) < 4.78 is 5.45. The number of likely N-dealkylation sites (tertiary alicyclic amines) is 1. The zero-order chi connectivity index (χ0) is 15.4. The van der Waals surface area contributed by atoms with Crippen LogP contribution in [0.1, 0.15) is 25.5 Å². The highest BCUT2D eigenvalue weighted by Gasteiger charge is 2.37. The second-order valence-corrected chi connectivity index (χ2v) is 6.88. The van der Waals surface area contributed by atoms with Crippen LogP contribution in [0.2, 0.25) is 0 Å². The maximum Gasteiger partial charge on any atom is 0.223 e. The van der Waals surface area contributed by atoms with Gasteiger partial charge < -0.3 is 9.64 Å². The van der Waals surface area contributed by atoms with E-state index in [2.05, 4.69) is 21.7 Å². The lowest BCUT2D eigenvalue weighted by atomic mass is 9.99. The number of thiazole rings is 1. The van der Waals surface area contributed by atoms with Crippen LogP contribution in [-0.4, -0.2) is 66.1 Å². The molecule has 0 bridgehead atoms. The maximum absolute atomic E-state index is 12.5. The van der Waals surface area contributed by atoms with Gasteiger partial charge in [-0.1, -0.05) is 13.3 Å². The Labute approximate surface area is 136 Å². The van der Waals surface area contributed by atoms with Gasteiger partial charge in [-0.25, -0.2) is 4.98 Å². The van der Waals surface area contributed by atoms with Crippen molar-refractivity contribution in [2.45, 2.75) is 32.2 Å². The summed E-state index contributed by atoms with van der Waals surface area (Å²) in [5, 5.41) is 2.03. The van der Waals surface area contributed by atoms with Crippen LogP contribution in [0.5, 0.6) is 0 Å². The molecule has 3 heterocycles. The van der Waals surface area contributed by atoms with Crippen LogP contribution < -0.4 is 0 Å². The first-order chi connectivity index (χ1) is 10.8. The molecular weight excluding hydrogens is 298 g/mol. The van der Waals surface area contributed by atoms with Crippen molar-refractivity contribution >= 4 is 17.2 Å². The number of ether oxygens (including phenoxy) is 1. The predicted octanol–water partition coefficient (Wildman–Crippen LogP) is 1.64. The zero-order valence-electron chi connectivity index (χ0n) is 13.2. The molecule has 5 nitrogen and oxygen atoms in total. The molecule has 0 N–H and O–H groups in total. The molecule has 22 heavy (non-hydrogen) atoms. The quantitative estimate of drug-likeness (QED) is 0.826. The number of aryl methyl sites for hydroxylation is 1. The maximum atomic E-state index is 12.5. The second-order valence-electron chi connectivity index (χ2n) is 6.16. The zero-order valence-corrected chi connectivity index (χ0v) is 14.1. The topological polar surface area (TPSA) is 45.7 Å². The second kappa shape index (κ2) is 7.53. The summed E-state index contributed by atoms with van der Waals surface area (Å²) >= 11 is 1.59. The van der Waals surface area contributed by atoms with Crippen molar-refractivity contribution in [1.82, 2.24) is 14.8 Å². The van der Waals surface area contributed by atoms with Gasteiger partial charge >= 0.3 is 0 Å². The molecule has 0 saturated carbocycles. The third kappa shape index (κ3) is 3.67. The smallest absolute Gasteiger partial charge is 0.223 e. The Balaban J connectivity index is 1.54. The summed E-state index contributed by atoms with van der Waals surface area (Å²) in [6.07, 6.45) is 2.48. The van der Waals surface area contributed by atoms with Crippen LogP contribution in [0.25, 0.3) is 0 Å². The van der Waals surface area contributed by atoms with E-state index in [1.54, 1.807) is 11.3 Å². The fourth-order valence-electron chi connectivity index (χ4n) is 3.54. The molecule has 0 aliphatic carbocycles. The van der Waals surface area contributed by atoms with Crippen LogP contribution in [0.15, 0.2) is 10.9 Å². The highest BCUT2D eigenvalue weighted by Crippen LogP contribution is 2.26. The Bertz CT molecular complexity index is 474. The molecule has 2 fully saturated rings. The first kappa shape index (κ1) is 15.9. The van der Waals surface area contributed by atoms with Crippen molar-refractivity contribution in [2.75, 3.05) is 39.4 Å². The fraction of sp³-hybridized carbons (Fsp3) is 0.750. The molecular formula is C16H25N3O2S. The number of amides is 1. The number of carbonyl (C=O) groups is 1. The minimum Gasteiger partial charge on any atom is -0.379 e. The van der Waals surface area contributed by atoms with Crippen molar-refractivity contribution in [3.05, 3.63) is 16.6 Å². The summed E-state index contributed by atoms with van der Waals surface area (Å²) in [4.78, 5) is 21.3. The van der Waals surface area contributed by atoms with Crippen molar-refractivity contribution in [2.24, 2.45) is 5.92 Å². The number of morpholine rings is 1. The summed E-state index contributed by atoms with van der Waals surface area (Å²) in [5.74, 6) is 0.878. The van der Waals surface area contributed by atoms with Gasteiger partial charge in [0.25, 0.3) is 0 Å². The number of nitrogens with zero attached hydrogens (tertiary/aromatic N) is 3. The summed E-state index contributed by atoms with van der Waals surface area (Å²) in [5.41, 5.74) is 2.87. The van der Waals surface area contributed by atoms with E-state index in [1.165, 1.54) is 0 Å². The third-order valence-electron chi connectivity index (χ3n) is 4.88. The van der Waals surface area contributed by atoms with E-state index >= 15 is 0 Å². The molecule has 0 unspecified atom stereocenters. The Morgan fingerprint density at radius 1 is 1.41 bits per heavy atom. The number of rotatable bonds is 5. The number of aromatic nitrogens is 1. The summed E-state index contributed by atoms with van der Waals surface area (Å²) in [6, 6.07) is 0.511. The molecule has 0 aromatic carbocycles. The highest BCUT2D eigenvalue weighted by molar-refractivity contribution is 7.07. The van der Waals surface area contributed by atoms with Crippen molar-refractivity contribution in [1.29, 1.82) is 0 Å². The predicted molar refractivity (Wildman–Crippen MR) is 87.0 cm³/mol. The van der Waals surface area contributed by atoms with Crippen molar-refractivity contribution < 1.29 is 9.53 Å². The molecule has 122 valence electrons. The molecule has 1 amide bonds. The van der Waals surface area contributed by atoms with Crippen LogP contribution in [0.3, 0.4) is 0 Å². The standard InChI is InChI=1S/C16H25N3O2S/c1-2-13-9-19(10-15(13)18-5-7-21-8-6-18)16(20)4-3-14-11-22-12-17-14/h11-13,15H,2-10H2,1H3/t13-,15+/m0/s1. The Kier molecular flexibility index (Phi) is 5.44. The average molecular weight is 323 g/mol. The lowest BCUT2D eigenvalue weighted by molar-refractivity contribution is -0.130. The fourth-order valence-corrected chi connectivity index (χ4v) is 4.13. The first-order valence-corrected chi connectivity index (χ1v) is 9.19. The lowest BCUT2D eigenvalue weighted by Crippen LogP contribution is -2.47. The van der Waals surface area contributed by atoms with Gasteiger partial charge in [0.15, 0.2) is 0 Å².